The third-order valence-corrected chi connectivity index (χ3v) is 6.62. The van der Waals surface area contributed by atoms with Crippen LogP contribution < -0.4 is 14.9 Å². The first-order chi connectivity index (χ1) is 10.9. The zero-order valence-electron chi connectivity index (χ0n) is 15.1. The quantitative estimate of drug-likeness (QED) is 0.476. The van der Waals surface area contributed by atoms with E-state index >= 15 is 0 Å². The molecule has 0 saturated heterocycles. The van der Waals surface area contributed by atoms with Gasteiger partial charge in [0.2, 0.25) is 17.7 Å². The Hall–Kier alpha value is -1.37. The van der Waals surface area contributed by atoms with Crippen LogP contribution in [0.25, 0.3) is 0 Å². The third kappa shape index (κ3) is 9.38. The molecule has 3 N–H and O–H groups in total. The smallest absolute Gasteiger partial charge is 0.348 e. The summed E-state index contributed by atoms with van der Waals surface area (Å²) in [5.41, 5.74) is 0. The summed E-state index contributed by atoms with van der Waals surface area (Å²) in [5, 5.41) is 0. The van der Waals surface area contributed by atoms with Crippen molar-refractivity contribution in [3.05, 3.63) is 0 Å². The lowest BCUT2D eigenvalue weighted by atomic mass is 10.3. The lowest BCUT2D eigenvalue weighted by Gasteiger charge is -2.33. The van der Waals surface area contributed by atoms with Crippen LogP contribution in [0, 0.1) is 0 Å². The van der Waals surface area contributed by atoms with Gasteiger partial charge in [-0.1, -0.05) is 40.5 Å². The first-order valence-corrected chi connectivity index (χ1v) is 11.1. The summed E-state index contributed by atoms with van der Waals surface area (Å²) in [6.07, 6.45) is 5.17. The van der Waals surface area contributed by atoms with E-state index < -0.39 is 8.56 Å². The molecule has 0 spiro atoms. The molecule has 3 amide bonds. The third-order valence-electron chi connectivity index (χ3n) is 3.39. The number of hydrogen-bond acceptors (Lipinski definition) is 3. The topological polar surface area (TPSA) is 87.3 Å². The molecule has 0 aliphatic heterocycles. The lowest BCUT2D eigenvalue weighted by Crippen LogP contribution is -2.75. The molecule has 134 valence electrons. The van der Waals surface area contributed by atoms with Crippen molar-refractivity contribution in [1.82, 2.24) is 14.9 Å². The van der Waals surface area contributed by atoms with Crippen LogP contribution in [-0.4, -0.2) is 26.3 Å². The fourth-order valence-corrected chi connectivity index (χ4v) is 5.56. The molecule has 0 aliphatic carbocycles. The highest BCUT2D eigenvalue weighted by Gasteiger charge is 2.39. The molecule has 0 atom stereocenters. The Bertz CT molecular complexity index is 338. The SMILES string of the molecule is CCCC[Si](NC(=O)CCC)(NC(=O)CCC)NC(=O)CCC. The molecular weight excluding hydrogens is 310 g/mol. The molecule has 0 radical (unpaired) electrons. The zero-order valence-corrected chi connectivity index (χ0v) is 16.1. The molecule has 6 nitrogen and oxygen atoms in total. The van der Waals surface area contributed by atoms with Crippen molar-refractivity contribution in [3.63, 3.8) is 0 Å². The summed E-state index contributed by atoms with van der Waals surface area (Å²) < 4.78 is 0. The van der Waals surface area contributed by atoms with Crippen molar-refractivity contribution in [2.24, 2.45) is 0 Å². The van der Waals surface area contributed by atoms with E-state index in [4.69, 9.17) is 0 Å². The summed E-state index contributed by atoms with van der Waals surface area (Å²) in [5.74, 6) is -0.323. The Labute approximate surface area is 141 Å². The average Bonchev–Trinajstić information content (AvgIpc) is 2.45. The van der Waals surface area contributed by atoms with Gasteiger partial charge >= 0.3 is 8.56 Å². The maximum absolute atomic E-state index is 12.1. The van der Waals surface area contributed by atoms with Crippen molar-refractivity contribution in [2.45, 2.75) is 85.1 Å². The van der Waals surface area contributed by atoms with Gasteiger partial charge in [-0.3, -0.25) is 14.4 Å². The molecule has 0 saturated carbocycles. The van der Waals surface area contributed by atoms with Crippen LogP contribution in [0.2, 0.25) is 6.04 Å². The largest absolute Gasteiger partial charge is 0.378 e. The first kappa shape index (κ1) is 21.6. The maximum Gasteiger partial charge on any atom is 0.378 e. The van der Waals surface area contributed by atoms with Gasteiger partial charge in [0, 0.05) is 19.3 Å². The molecule has 0 aromatic carbocycles. The van der Waals surface area contributed by atoms with E-state index in [1.165, 1.54) is 0 Å². The predicted molar refractivity (Wildman–Crippen MR) is 94.6 cm³/mol. The number of carbonyl (C=O) groups is 3. The molecule has 7 heteroatoms. The Morgan fingerprint density at radius 3 is 1.26 bits per heavy atom. The van der Waals surface area contributed by atoms with Crippen molar-refractivity contribution in [3.8, 4) is 0 Å². The molecule has 23 heavy (non-hydrogen) atoms. The van der Waals surface area contributed by atoms with Crippen LogP contribution in [0.15, 0.2) is 0 Å². The van der Waals surface area contributed by atoms with Gasteiger partial charge in [-0.05, 0) is 25.3 Å². The summed E-state index contributed by atoms with van der Waals surface area (Å²) in [6.45, 7) is 7.84. The Morgan fingerprint density at radius 1 is 0.652 bits per heavy atom. The Morgan fingerprint density at radius 2 is 1.00 bits per heavy atom. The minimum atomic E-state index is -2.92. The van der Waals surface area contributed by atoms with E-state index in [9.17, 15) is 14.4 Å². The monoisotopic (exact) mass is 343 g/mol. The second kappa shape index (κ2) is 12.1. The molecule has 0 aliphatic rings. The number of unbranched alkanes of at least 4 members (excludes halogenated alkanes) is 1. The van der Waals surface area contributed by atoms with Crippen LogP contribution in [0.5, 0.6) is 0 Å². The molecule has 0 unspecified atom stereocenters. The van der Waals surface area contributed by atoms with Crippen molar-refractivity contribution in [1.29, 1.82) is 0 Å². The molecule has 0 fully saturated rings. The van der Waals surface area contributed by atoms with Gasteiger partial charge < -0.3 is 14.9 Å². The standard InChI is InChI=1S/C16H33N3O3Si/c1-5-9-13-23(17-14(20)10-6-2,18-15(21)11-7-3)19-16(22)12-8-4/h5-13H2,1-4H3,(H,17,20)(H,18,21)(H,19,22). The highest BCUT2D eigenvalue weighted by atomic mass is 28.4. The molecule has 0 aromatic heterocycles. The lowest BCUT2D eigenvalue weighted by molar-refractivity contribution is -0.120. The van der Waals surface area contributed by atoms with Crippen LogP contribution in [0.3, 0.4) is 0 Å². The summed E-state index contributed by atoms with van der Waals surface area (Å²) in [7, 11) is -2.92. The van der Waals surface area contributed by atoms with E-state index in [1.807, 2.05) is 20.8 Å². The number of carbonyl (C=O) groups excluding carboxylic acids is 3. The fourth-order valence-electron chi connectivity index (χ4n) is 2.31. The van der Waals surface area contributed by atoms with Gasteiger partial charge in [0.1, 0.15) is 0 Å². The number of rotatable bonds is 12. The zero-order chi connectivity index (χ0) is 17.7. The first-order valence-electron chi connectivity index (χ1n) is 8.86. The molecule has 0 aromatic rings. The van der Waals surface area contributed by atoms with E-state index in [0.29, 0.717) is 25.3 Å². The van der Waals surface area contributed by atoms with Gasteiger partial charge in [0.15, 0.2) is 0 Å². The van der Waals surface area contributed by atoms with Gasteiger partial charge in [0.05, 0.1) is 0 Å². The van der Waals surface area contributed by atoms with Gasteiger partial charge in [-0.15, -0.1) is 0 Å². The summed E-state index contributed by atoms with van der Waals surface area (Å²) in [4.78, 5) is 45.3. The molecule has 0 heterocycles. The molecule has 0 rings (SSSR count). The van der Waals surface area contributed by atoms with Gasteiger partial charge in [-0.25, -0.2) is 0 Å². The van der Waals surface area contributed by atoms with Gasteiger partial charge in [-0.2, -0.15) is 0 Å². The van der Waals surface area contributed by atoms with Crippen molar-refractivity contribution >= 4 is 26.3 Å². The fraction of sp³-hybridized carbons (Fsp3) is 0.812. The number of hydrogen-bond donors (Lipinski definition) is 3. The minimum absolute atomic E-state index is 0.108. The Kier molecular flexibility index (Phi) is 11.4. The van der Waals surface area contributed by atoms with Crippen molar-refractivity contribution < 1.29 is 14.4 Å². The van der Waals surface area contributed by atoms with Crippen LogP contribution in [-0.2, 0) is 14.4 Å². The molecular formula is C16H33N3O3Si. The minimum Gasteiger partial charge on any atom is -0.348 e. The molecule has 0 bridgehead atoms. The second-order valence-corrected chi connectivity index (χ2v) is 8.96. The van der Waals surface area contributed by atoms with E-state index in [2.05, 4.69) is 21.9 Å². The Balaban J connectivity index is 5.27. The van der Waals surface area contributed by atoms with Crippen LogP contribution in [0.4, 0.5) is 0 Å². The normalized spacial score (nSPS) is 11.0. The van der Waals surface area contributed by atoms with E-state index in [1.54, 1.807) is 0 Å². The van der Waals surface area contributed by atoms with Crippen molar-refractivity contribution in [2.75, 3.05) is 0 Å². The van der Waals surface area contributed by atoms with Crippen LogP contribution >= 0.6 is 0 Å². The predicted octanol–water partition coefficient (Wildman–Crippen LogP) is 2.47. The maximum atomic E-state index is 12.1. The average molecular weight is 344 g/mol. The summed E-state index contributed by atoms with van der Waals surface area (Å²) >= 11 is 0. The van der Waals surface area contributed by atoms with Crippen LogP contribution in [0.1, 0.15) is 79.1 Å². The highest BCUT2D eigenvalue weighted by molar-refractivity contribution is 6.78. The second-order valence-electron chi connectivity index (χ2n) is 5.90. The van der Waals surface area contributed by atoms with Gasteiger partial charge in [0.25, 0.3) is 0 Å². The highest BCUT2D eigenvalue weighted by Crippen LogP contribution is 2.08. The number of nitrogens with one attached hydrogen (secondary N) is 3. The summed E-state index contributed by atoms with van der Waals surface area (Å²) in [6, 6.07) is 0.615. The number of amides is 3. The van der Waals surface area contributed by atoms with E-state index in [0.717, 1.165) is 32.1 Å². The van der Waals surface area contributed by atoms with E-state index in [-0.39, 0.29) is 17.7 Å².